The van der Waals surface area contributed by atoms with Crippen molar-refractivity contribution in [3.05, 3.63) is 40.0 Å². The molecule has 1 fully saturated rings. The number of rotatable bonds is 7. The Morgan fingerprint density at radius 3 is 2.61 bits per heavy atom. The monoisotopic (exact) mass is 487 g/mol. The maximum Gasteiger partial charge on any atom is 0.209 e. The van der Waals surface area contributed by atoms with Gasteiger partial charge in [-0.1, -0.05) is 6.07 Å². The molecule has 1 saturated carbocycles. The summed E-state index contributed by atoms with van der Waals surface area (Å²) in [5.74, 6) is 0.958. The summed E-state index contributed by atoms with van der Waals surface area (Å²) < 4.78 is 0. The smallest absolute Gasteiger partial charge is 0.209 e. The van der Waals surface area contributed by atoms with E-state index in [4.69, 9.17) is 0 Å². The Kier molecular flexibility index (Phi) is 8.65. The van der Waals surface area contributed by atoms with Crippen molar-refractivity contribution in [3.8, 4) is 10.6 Å². The molecule has 3 aromatic heterocycles. The van der Waals surface area contributed by atoms with E-state index in [9.17, 15) is 14.7 Å². The van der Waals surface area contributed by atoms with Gasteiger partial charge in [0.05, 0.1) is 16.3 Å². The summed E-state index contributed by atoms with van der Waals surface area (Å²) >= 11 is 3.01. The number of amides is 1. The van der Waals surface area contributed by atoms with E-state index in [0.29, 0.717) is 6.04 Å². The second-order valence-electron chi connectivity index (χ2n) is 8.16. The molecule has 4 rings (SSSR count). The van der Waals surface area contributed by atoms with Crippen LogP contribution in [-0.2, 0) is 9.59 Å². The lowest BCUT2D eigenvalue weighted by atomic mass is 10.1. The summed E-state index contributed by atoms with van der Waals surface area (Å²) in [7, 11) is 1.77. The fraction of sp³-hybridized carbons (Fsp3) is 0.435. The van der Waals surface area contributed by atoms with Crippen molar-refractivity contribution in [2.45, 2.75) is 52.2 Å². The number of anilines is 2. The highest BCUT2D eigenvalue weighted by Crippen LogP contribution is 2.34. The van der Waals surface area contributed by atoms with Gasteiger partial charge in [-0.15, -0.1) is 22.7 Å². The van der Waals surface area contributed by atoms with Gasteiger partial charge in [-0.2, -0.15) is 0 Å². The molecule has 33 heavy (non-hydrogen) atoms. The lowest BCUT2D eigenvalue weighted by molar-refractivity contribution is -0.119. The molecular weight excluding hydrogens is 458 g/mol. The van der Waals surface area contributed by atoms with Crippen LogP contribution in [0, 0.1) is 19.8 Å². The predicted molar refractivity (Wildman–Crippen MR) is 132 cm³/mol. The molecule has 3 heterocycles. The highest BCUT2D eigenvalue weighted by molar-refractivity contribution is 7.17. The maximum atomic E-state index is 10.4. The summed E-state index contributed by atoms with van der Waals surface area (Å²) in [6, 6.07) is 4.23. The number of hydrogen-bond donors (Lipinski definition) is 2. The first-order chi connectivity index (χ1) is 15.8. The first kappa shape index (κ1) is 24.9. The van der Waals surface area contributed by atoms with Crippen LogP contribution < -0.4 is 5.32 Å². The van der Waals surface area contributed by atoms with E-state index in [1.807, 2.05) is 37.6 Å². The quantitative estimate of drug-likeness (QED) is 0.472. The zero-order valence-corrected chi connectivity index (χ0v) is 20.8. The SMILES string of the molecule is CN(C=O)[C@H]1CC[C@@H](C=O)C1.Cc1ccc(Nc2nc(-c3sc(C(C)O)nc3C)cs2)nc1. The first-order valence-electron chi connectivity index (χ1n) is 10.7. The minimum atomic E-state index is -0.551. The minimum absolute atomic E-state index is 0.183. The minimum Gasteiger partial charge on any atom is -0.386 e. The Morgan fingerprint density at radius 1 is 1.24 bits per heavy atom. The molecule has 3 aromatic rings. The Labute approximate surface area is 201 Å². The van der Waals surface area contributed by atoms with Gasteiger partial charge in [-0.05, 0) is 51.7 Å². The van der Waals surface area contributed by atoms with E-state index in [2.05, 4.69) is 20.3 Å². The normalized spacial score (nSPS) is 18.2. The highest BCUT2D eigenvalue weighted by atomic mass is 32.1. The van der Waals surface area contributed by atoms with Crippen molar-refractivity contribution >= 4 is 46.3 Å². The van der Waals surface area contributed by atoms with Crippen LogP contribution in [0.1, 0.15) is 48.6 Å². The zero-order valence-electron chi connectivity index (χ0n) is 19.2. The fourth-order valence-corrected chi connectivity index (χ4v) is 5.24. The average Bonchev–Trinajstić information content (AvgIpc) is 3.55. The molecule has 0 aliphatic heterocycles. The third-order valence-corrected chi connectivity index (χ3v) is 7.54. The number of nitrogens with zero attached hydrogens (tertiary/aromatic N) is 4. The van der Waals surface area contributed by atoms with Gasteiger partial charge in [0.2, 0.25) is 6.41 Å². The van der Waals surface area contributed by atoms with Crippen molar-refractivity contribution in [2.75, 3.05) is 12.4 Å². The van der Waals surface area contributed by atoms with Crippen molar-refractivity contribution in [1.29, 1.82) is 0 Å². The Bertz CT molecular complexity index is 1060. The lowest BCUT2D eigenvalue weighted by Gasteiger charge is -2.18. The fourth-order valence-electron chi connectivity index (χ4n) is 3.49. The molecule has 3 atom stereocenters. The van der Waals surface area contributed by atoms with E-state index < -0.39 is 6.10 Å². The summed E-state index contributed by atoms with van der Waals surface area (Å²) in [4.78, 5) is 36.6. The first-order valence-corrected chi connectivity index (χ1v) is 12.4. The van der Waals surface area contributed by atoms with Gasteiger partial charge in [-0.25, -0.2) is 15.0 Å². The maximum absolute atomic E-state index is 10.4. The second kappa shape index (κ2) is 11.4. The molecular formula is C23H29N5O3S2. The van der Waals surface area contributed by atoms with Gasteiger partial charge in [0.25, 0.3) is 0 Å². The Hall–Kier alpha value is -2.69. The topological polar surface area (TPSA) is 108 Å². The van der Waals surface area contributed by atoms with Gasteiger partial charge in [0, 0.05) is 30.6 Å². The molecule has 1 aliphatic carbocycles. The molecule has 8 nitrogen and oxygen atoms in total. The van der Waals surface area contributed by atoms with Gasteiger partial charge in [0.1, 0.15) is 23.2 Å². The van der Waals surface area contributed by atoms with Crippen LogP contribution in [0.15, 0.2) is 23.7 Å². The summed E-state index contributed by atoms with van der Waals surface area (Å²) in [6.45, 7) is 5.66. The molecule has 10 heteroatoms. The van der Waals surface area contributed by atoms with Crippen molar-refractivity contribution in [1.82, 2.24) is 19.9 Å². The molecule has 1 aliphatic rings. The molecule has 0 spiro atoms. The number of nitrogens with one attached hydrogen (secondary N) is 1. The second-order valence-corrected chi connectivity index (χ2v) is 10.0. The summed E-state index contributed by atoms with van der Waals surface area (Å²) in [5.41, 5.74) is 2.89. The van der Waals surface area contributed by atoms with Gasteiger partial charge >= 0.3 is 0 Å². The number of thiazole rings is 2. The Morgan fingerprint density at radius 2 is 2.03 bits per heavy atom. The largest absolute Gasteiger partial charge is 0.386 e. The molecule has 2 N–H and O–H groups in total. The highest BCUT2D eigenvalue weighted by Gasteiger charge is 2.26. The molecule has 0 radical (unpaired) electrons. The van der Waals surface area contributed by atoms with E-state index in [0.717, 1.165) is 69.7 Å². The number of carbonyl (C=O) groups excluding carboxylic acids is 2. The van der Waals surface area contributed by atoms with E-state index in [1.54, 1.807) is 18.9 Å². The number of carbonyl (C=O) groups is 2. The van der Waals surface area contributed by atoms with Crippen molar-refractivity contribution < 1.29 is 14.7 Å². The van der Waals surface area contributed by atoms with Crippen molar-refractivity contribution in [3.63, 3.8) is 0 Å². The number of aryl methyl sites for hydroxylation is 2. The number of aromatic nitrogens is 3. The number of aliphatic hydroxyl groups is 1. The van der Waals surface area contributed by atoms with Crippen molar-refractivity contribution in [2.24, 2.45) is 5.92 Å². The molecule has 1 unspecified atom stereocenters. The van der Waals surface area contributed by atoms with Gasteiger partial charge < -0.3 is 20.1 Å². The number of pyridine rings is 1. The molecule has 1 amide bonds. The zero-order chi connectivity index (χ0) is 24.0. The van der Waals surface area contributed by atoms with Crippen LogP contribution in [-0.4, -0.2) is 50.7 Å². The number of aldehydes is 1. The number of aliphatic hydroxyl groups excluding tert-OH is 1. The van der Waals surface area contributed by atoms with Crippen LogP contribution >= 0.6 is 22.7 Å². The van der Waals surface area contributed by atoms with Gasteiger partial charge in [-0.3, -0.25) is 4.79 Å². The standard InChI is InChI=1S/C15H16N4OS2.C8H13NO2/c1-8-4-5-12(16-6-8)19-15-18-11(7-21-15)13-9(2)17-14(22-13)10(3)20;1-9(6-11)8-3-2-7(4-8)5-10/h4-7,10,20H,1-3H3,(H,16,18,19);5-8H,2-4H2,1H3/t;7-,8+/m.1/s1. The van der Waals surface area contributed by atoms with Gasteiger partial charge in [0.15, 0.2) is 5.13 Å². The van der Waals surface area contributed by atoms with Crippen LogP contribution in [0.4, 0.5) is 10.9 Å². The predicted octanol–water partition coefficient (Wildman–Crippen LogP) is 4.52. The van der Waals surface area contributed by atoms with Crippen LogP contribution in [0.25, 0.3) is 10.6 Å². The summed E-state index contributed by atoms with van der Waals surface area (Å²) in [5, 5.41) is 16.3. The third-order valence-electron chi connectivity index (χ3n) is 5.43. The molecule has 176 valence electrons. The molecule has 0 aromatic carbocycles. The average molecular weight is 488 g/mol. The van der Waals surface area contributed by atoms with E-state index in [1.165, 1.54) is 22.7 Å². The van der Waals surface area contributed by atoms with Crippen LogP contribution in [0.5, 0.6) is 0 Å². The van der Waals surface area contributed by atoms with E-state index in [-0.39, 0.29) is 5.92 Å². The summed E-state index contributed by atoms with van der Waals surface area (Å²) in [6.07, 6.45) is 5.85. The van der Waals surface area contributed by atoms with Crippen LogP contribution in [0.2, 0.25) is 0 Å². The van der Waals surface area contributed by atoms with Crippen LogP contribution in [0.3, 0.4) is 0 Å². The number of hydrogen-bond acceptors (Lipinski definition) is 9. The third kappa shape index (κ3) is 6.66. The Balaban J connectivity index is 0.000000235. The van der Waals surface area contributed by atoms with E-state index >= 15 is 0 Å². The lowest BCUT2D eigenvalue weighted by Crippen LogP contribution is -2.27. The molecule has 0 bridgehead atoms. The molecule has 0 saturated heterocycles.